The quantitative estimate of drug-likeness (QED) is 0.620. The Hall–Kier alpha value is -2.97. The van der Waals surface area contributed by atoms with E-state index in [1.165, 1.54) is 4.90 Å². The molecule has 9 heteroatoms. The number of aromatic nitrogens is 1. The van der Waals surface area contributed by atoms with Crippen molar-refractivity contribution in [1.82, 2.24) is 20.1 Å². The van der Waals surface area contributed by atoms with Crippen LogP contribution in [0.3, 0.4) is 0 Å². The molecule has 1 aromatic heterocycles. The largest absolute Gasteiger partial charge is 0.376 e. The van der Waals surface area contributed by atoms with E-state index in [1.54, 1.807) is 24.4 Å². The molecule has 3 fully saturated rings. The monoisotopic (exact) mass is 496 g/mol. The van der Waals surface area contributed by atoms with Crippen LogP contribution in [0.5, 0.6) is 0 Å². The molecule has 3 saturated heterocycles. The van der Waals surface area contributed by atoms with Crippen molar-refractivity contribution in [1.29, 1.82) is 0 Å². The molecule has 0 saturated carbocycles. The summed E-state index contributed by atoms with van der Waals surface area (Å²) in [6.07, 6.45) is 4.66. The molecular weight excluding hydrogens is 468 g/mol. The second-order valence-corrected chi connectivity index (χ2v) is 9.83. The first-order valence-corrected chi connectivity index (χ1v) is 12.5. The third kappa shape index (κ3) is 4.52. The van der Waals surface area contributed by atoms with Crippen molar-refractivity contribution in [2.24, 2.45) is 5.92 Å². The summed E-state index contributed by atoms with van der Waals surface area (Å²) < 4.78 is 5.69. The van der Waals surface area contributed by atoms with E-state index in [1.807, 2.05) is 29.2 Å². The number of nitrogens with one attached hydrogen (secondary N) is 1. The van der Waals surface area contributed by atoms with Gasteiger partial charge in [-0.2, -0.15) is 0 Å². The van der Waals surface area contributed by atoms with Gasteiger partial charge in [-0.15, -0.1) is 0 Å². The van der Waals surface area contributed by atoms with E-state index >= 15 is 0 Å². The standard InChI is InChI=1S/C26H29ClN4O4/c27-21-8-2-1-6-18(21)16-23(32)30-13-10-19(11-14-30)26(22-9-3-4-12-28-22)24(33)31(25(34)29-26)17-20-7-5-15-35-20/h1-4,6,8-9,12,19-20H,5,7,10-11,13-17H2,(H,29,34)/t20-,26-/m1/s1. The number of carbonyl (C=O) groups excluding carboxylic acids is 3. The van der Waals surface area contributed by atoms with Gasteiger partial charge in [0.1, 0.15) is 0 Å². The molecule has 3 aliphatic heterocycles. The second-order valence-electron chi connectivity index (χ2n) is 9.43. The average molecular weight is 497 g/mol. The summed E-state index contributed by atoms with van der Waals surface area (Å²) in [4.78, 5) is 47.5. The van der Waals surface area contributed by atoms with Crippen LogP contribution >= 0.6 is 11.6 Å². The molecule has 184 valence electrons. The molecule has 0 aliphatic carbocycles. The first-order valence-electron chi connectivity index (χ1n) is 12.2. The number of imide groups is 1. The number of carbonyl (C=O) groups is 3. The summed E-state index contributed by atoms with van der Waals surface area (Å²) in [5.74, 6) is -0.463. The fraction of sp³-hybridized carbons (Fsp3) is 0.462. The summed E-state index contributed by atoms with van der Waals surface area (Å²) >= 11 is 6.24. The fourth-order valence-corrected chi connectivity index (χ4v) is 5.69. The minimum absolute atomic E-state index is 0.00484. The molecular formula is C26H29ClN4O4. The summed E-state index contributed by atoms with van der Waals surface area (Å²) in [5, 5.41) is 3.60. The Kier molecular flexibility index (Phi) is 6.75. The van der Waals surface area contributed by atoms with Gasteiger partial charge in [0, 0.05) is 36.8 Å². The maximum absolute atomic E-state index is 13.9. The Morgan fingerprint density at radius 2 is 1.89 bits per heavy atom. The predicted molar refractivity (Wildman–Crippen MR) is 130 cm³/mol. The molecule has 2 aromatic rings. The van der Waals surface area contributed by atoms with Gasteiger partial charge in [0.2, 0.25) is 5.91 Å². The molecule has 0 unspecified atom stereocenters. The van der Waals surface area contributed by atoms with Crippen molar-refractivity contribution in [2.75, 3.05) is 26.2 Å². The summed E-state index contributed by atoms with van der Waals surface area (Å²) in [7, 11) is 0. The minimum atomic E-state index is -1.24. The Bertz CT molecular complexity index is 1100. The van der Waals surface area contributed by atoms with Crippen LogP contribution in [-0.2, 0) is 26.3 Å². The van der Waals surface area contributed by atoms with Crippen LogP contribution < -0.4 is 5.32 Å². The van der Waals surface area contributed by atoms with Crippen LogP contribution in [-0.4, -0.2) is 65.0 Å². The molecule has 1 aromatic carbocycles. The van der Waals surface area contributed by atoms with Gasteiger partial charge in [-0.05, 0) is 49.4 Å². The summed E-state index contributed by atoms with van der Waals surface area (Å²) in [6, 6.07) is 12.4. The third-order valence-corrected chi connectivity index (χ3v) is 7.74. The topological polar surface area (TPSA) is 91.8 Å². The van der Waals surface area contributed by atoms with E-state index in [0.29, 0.717) is 43.3 Å². The number of amides is 4. The molecule has 4 amide bonds. The zero-order chi connectivity index (χ0) is 24.4. The van der Waals surface area contributed by atoms with Crippen molar-refractivity contribution in [2.45, 2.75) is 43.7 Å². The van der Waals surface area contributed by atoms with Crippen LogP contribution in [0.25, 0.3) is 0 Å². The van der Waals surface area contributed by atoms with Crippen LogP contribution in [0.2, 0.25) is 5.02 Å². The van der Waals surface area contributed by atoms with Crippen LogP contribution in [0.1, 0.15) is 36.9 Å². The fourth-order valence-electron chi connectivity index (χ4n) is 5.49. The first-order chi connectivity index (χ1) is 17.0. The lowest BCUT2D eigenvalue weighted by Gasteiger charge is -2.40. The van der Waals surface area contributed by atoms with E-state index in [9.17, 15) is 14.4 Å². The Labute approximate surface area is 209 Å². The van der Waals surface area contributed by atoms with Crippen LogP contribution in [0.4, 0.5) is 4.79 Å². The lowest BCUT2D eigenvalue weighted by atomic mass is 9.75. The predicted octanol–water partition coefficient (Wildman–Crippen LogP) is 3.14. The van der Waals surface area contributed by atoms with Crippen LogP contribution in [0.15, 0.2) is 48.7 Å². The van der Waals surface area contributed by atoms with Crippen LogP contribution in [0, 0.1) is 5.92 Å². The number of ether oxygens (including phenoxy) is 1. The molecule has 35 heavy (non-hydrogen) atoms. The number of hydrogen-bond acceptors (Lipinski definition) is 5. The zero-order valence-corrected chi connectivity index (χ0v) is 20.2. The number of halogens is 1. The number of nitrogens with zero attached hydrogens (tertiary/aromatic N) is 3. The van der Waals surface area contributed by atoms with E-state index < -0.39 is 11.6 Å². The molecule has 2 atom stereocenters. The van der Waals surface area contributed by atoms with Crippen molar-refractivity contribution < 1.29 is 19.1 Å². The van der Waals surface area contributed by atoms with Crippen molar-refractivity contribution in [3.63, 3.8) is 0 Å². The molecule has 4 heterocycles. The number of hydrogen-bond donors (Lipinski definition) is 1. The van der Waals surface area contributed by atoms with Gasteiger partial charge in [-0.25, -0.2) is 4.79 Å². The summed E-state index contributed by atoms with van der Waals surface area (Å²) in [5.41, 5.74) is 0.0951. The highest BCUT2D eigenvalue weighted by Crippen LogP contribution is 2.41. The van der Waals surface area contributed by atoms with Crippen molar-refractivity contribution in [3.8, 4) is 0 Å². The number of pyridine rings is 1. The highest BCUT2D eigenvalue weighted by atomic mass is 35.5. The molecule has 3 aliphatic rings. The second kappa shape index (κ2) is 9.95. The van der Waals surface area contributed by atoms with Gasteiger partial charge in [0.05, 0.1) is 24.8 Å². The number of rotatable bonds is 6. The Morgan fingerprint density at radius 1 is 1.11 bits per heavy atom. The maximum atomic E-state index is 13.9. The van der Waals surface area contributed by atoms with E-state index in [0.717, 1.165) is 18.4 Å². The first kappa shape index (κ1) is 23.8. The van der Waals surface area contributed by atoms with Gasteiger partial charge < -0.3 is 15.0 Å². The van der Waals surface area contributed by atoms with Gasteiger partial charge >= 0.3 is 6.03 Å². The van der Waals surface area contributed by atoms with E-state index in [-0.39, 0.29) is 36.8 Å². The molecule has 5 rings (SSSR count). The molecule has 0 radical (unpaired) electrons. The Morgan fingerprint density at radius 3 is 2.57 bits per heavy atom. The van der Waals surface area contributed by atoms with E-state index in [2.05, 4.69) is 10.3 Å². The third-order valence-electron chi connectivity index (χ3n) is 7.37. The zero-order valence-electron chi connectivity index (χ0n) is 19.5. The number of urea groups is 1. The average Bonchev–Trinajstić information content (AvgIpc) is 3.49. The smallest absolute Gasteiger partial charge is 0.325 e. The lowest BCUT2D eigenvalue weighted by molar-refractivity contribution is -0.137. The highest BCUT2D eigenvalue weighted by molar-refractivity contribution is 6.31. The van der Waals surface area contributed by atoms with E-state index in [4.69, 9.17) is 16.3 Å². The Balaban J connectivity index is 1.34. The van der Waals surface area contributed by atoms with Crippen molar-refractivity contribution >= 4 is 29.4 Å². The SMILES string of the molecule is O=C(Cc1ccccc1Cl)N1CCC([C@]2(c3ccccn3)NC(=O)N(C[C@H]3CCCO3)C2=O)CC1. The van der Waals surface area contributed by atoms with Gasteiger partial charge in [0.25, 0.3) is 5.91 Å². The lowest BCUT2D eigenvalue weighted by Crippen LogP contribution is -2.55. The highest BCUT2D eigenvalue weighted by Gasteiger charge is 2.58. The molecule has 8 nitrogen and oxygen atoms in total. The summed E-state index contributed by atoms with van der Waals surface area (Å²) in [6.45, 7) is 1.89. The number of likely N-dealkylation sites (tertiary alicyclic amines) is 1. The minimum Gasteiger partial charge on any atom is -0.376 e. The molecule has 0 bridgehead atoms. The van der Waals surface area contributed by atoms with Gasteiger partial charge in [0.15, 0.2) is 5.54 Å². The number of benzene rings is 1. The number of piperidine rings is 1. The van der Waals surface area contributed by atoms with Gasteiger partial charge in [-0.1, -0.05) is 35.9 Å². The maximum Gasteiger partial charge on any atom is 0.325 e. The molecule has 0 spiro atoms. The van der Waals surface area contributed by atoms with Crippen molar-refractivity contribution in [3.05, 3.63) is 64.9 Å². The normalized spacial score (nSPS) is 25.2. The van der Waals surface area contributed by atoms with Gasteiger partial charge in [-0.3, -0.25) is 19.5 Å². The molecule has 1 N–H and O–H groups in total.